The zero-order valence-corrected chi connectivity index (χ0v) is 16.2. The van der Waals surface area contributed by atoms with Crippen LogP contribution >= 0.6 is 11.3 Å². The van der Waals surface area contributed by atoms with E-state index in [0.29, 0.717) is 16.9 Å². The average molecular weight is 407 g/mol. The fourth-order valence-electron chi connectivity index (χ4n) is 3.22. The van der Waals surface area contributed by atoms with E-state index in [0.717, 1.165) is 41.7 Å². The van der Waals surface area contributed by atoms with E-state index in [1.807, 2.05) is 30.3 Å². The van der Waals surface area contributed by atoms with Crippen molar-refractivity contribution in [3.8, 4) is 5.69 Å². The number of carbonyl (C=O) groups excluding carboxylic acids is 1. The minimum atomic E-state index is -0.228. The summed E-state index contributed by atoms with van der Waals surface area (Å²) in [4.78, 5) is 19.8. The predicted octanol–water partition coefficient (Wildman–Crippen LogP) is 2.36. The van der Waals surface area contributed by atoms with E-state index >= 15 is 0 Å². The first-order valence-electron chi connectivity index (χ1n) is 9.15. The summed E-state index contributed by atoms with van der Waals surface area (Å²) in [5.41, 5.74) is 2.73. The number of aromatic nitrogens is 5. The molecule has 29 heavy (non-hydrogen) atoms. The number of rotatable bonds is 4. The molecule has 0 aliphatic carbocycles. The van der Waals surface area contributed by atoms with Crippen molar-refractivity contribution in [1.82, 2.24) is 25.2 Å². The van der Waals surface area contributed by atoms with Crippen molar-refractivity contribution in [2.75, 3.05) is 36.5 Å². The lowest BCUT2D eigenvalue weighted by molar-refractivity contribution is 0.102. The van der Waals surface area contributed by atoms with Gasteiger partial charge in [-0.15, -0.1) is 5.10 Å². The molecule has 1 N–H and O–H groups in total. The Bertz CT molecular complexity index is 1150. The van der Waals surface area contributed by atoms with Crippen molar-refractivity contribution in [3.63, 3.8) is 0 Å². The van der Waals surface area contributed by atoms with Crippen molar-refractivity contribution < 1.29 is 9.53 Å². The zero-order valence-electron chi connectivity index (χ0n) is 15.4. The number of thiazole rings is 1. The van der Waals surface area contributed by atoms with Crippen molar-refractivity contribution in [2.45, 2.75) is 0 Å². The number of nitrogens with zero attached hydrogens (tertiary/aromatic N) is 6. The van der Waals surface area contributed by atoms with Gasteiger partial charge in [-0.05, 0) is 40.8 Å². The van der Waals surface area contributed by atoms with E-state index in [1.54, 1.807) is 23.5 Å². The number of hydrogen-bond donors (Lipinski definition) is 1. The summed E-state index contributed by atoms with van der Waals surface area (Å²) in [5.74, 6) is -0.228. The van der Waals surface area contributed by atoms with Gasteiger partial charge in [0.25, 0.3) is 5.91 Å². The van der Waals surface area contributed by atoms with E-state index in [2.05, 4.69) is 25.7 Å². The van der Waals surface area contributed by atoms with E-state index in [1.165, 1.54) is 11.0 Å². The fourth-order valence-corrected chi connectivity index (χ4v) is 4.27. The molecule has 0 unspecified atom stereocenters. The highest BCUT2D eigenvalue weighted by Gasteiger charge is 2.17. The summed E-state index contributed by atoms with van der Waals surface area (Å²) in [6.45, 7) is 3.13. The van der Waals surface area contributed by atoms with Crippen molar-refractivity contribution in [3.05, 3.63) is 54.4 Å². The molecule has 1 fully saturated rings. The number of hydrogen-bond acceptors (Lipinski definition) is 8. The molecule has 146 valence electrons. The normalized spacial score (nSPS) is 14.3. The maximum absolute atomic E-state index is 12.9. The number of para-hydroxylation sites is 1. The Morgan fingerprint density at radius 3 is 2.83 bits per heavy atom. The lowest BCUT2D eigenvalue weighted by Gasteiger charge is -2.25. The molecule has 0 spiro atoms. The van der Waals surface area contributed by atoms with Gasteiger partial charge < -0.3 is 15.0 Å². The number of anilines is 2. The van der Waals surface area contributed by atoms with E-state index in [4.69, 9.17) is 9.72 Å². The third-order valence-electron chi connectivity index (χ3n) is 4.66. The Hall–Kier alpha value is -3.37. The number of fused-ring (bicyclic) bond motifs is 1. The minimum Gasteiger partial charge on any atom is -0.378 e. The molecule has 5 rings (SSSR count). The first-order chi connectivity index (χ1) is 14.3. The Morgan fingerprint density at radius 1 is 1.14 bits per heavy atom. The molecule has 1 amide bonds. The van der Waals surface area contributed by atoms with Crippen LogP contribution in [0.2, 0.25) is 0 Å². The topological polar surface area (TPSA) is 98.1 Å². The second-order valence-corrected chi connectivity index (χ2v) is 7.51. The van der Waals surface area contributed by atoms with Crippen molar-refractivity contribution in [1.29, 1.82) is 0 Å². The van der Waals surface area contributed by atoms with Crippen molar-refractivity contribution in [2.24, 2.45) is 0 Å². The molecule has 1 saturated heterocycles. The Balaban J connectivity index is 1.40. The van der Waals surface area contributed by atoms with Crippen LogP contribution < -0.4 is 10.2 Å². The van der Waals surface area contributed by atoms with Crippen LogP contribution in [0.25, 0.3) is 15.9 Å². The second kappa shape index (κ2) is 7.57. The lowest BCUT2D eigenvalue weighted by atomic mass is 10.1. The smallest absolute Gasteiger partial charge is 0.257 e. The quantitative estimate of drug-likeness (QED) is 0.554. The zero-order chi connectivity index (χ0) is 19.6. The Labute approximate surface area is 169 Å². The number of amides is 1. The average Bonchev–Trinajstić information content (AvgIpc) is 3.44. The molecular formula is C19H17N7O2S. The first kappa shape index (κ1) is 17.7. The maximum Gasteiger partial charge on any atom is 0.257 e. The number of nitrogens with one attached hydrogen (secondary N) is 1. The van der Waals surface area contributed by atoms with Crippen LogP contribution in [0.1, 0.15) is 10.4 Å². The van der Waals surface area contributed by atoms with Crippen LogP contribution in [0.15, 0.2) is 48.8 Å². The van der Waals surface area contributed by atoms with Crippen molar-refractivity contribution >= 4 is 38.3 Å². The van der Waals surface area contributed by atoms with E-state index in [-0.39, 0.29) is 5.91 Å². The molecule has 2 aromatic heterocycles. The maximum atomic E-state index is 12.9. The molecule has 0 bridgehead atoms. The van der Waals surface area contributed by atoms with Gasteiger partial charge in [-0.1, -0.05) is 23.5 Å². The van der Waals surface area contributed by atoms with E-state index < -0.39 is 0 Å². The highest BCUT2D eigenvalue weighted by Crippen LogP contribution is 2.31. The molecule has 1 aliphatic rings. The van der Waals surface area contributed by atoms with Gasteiger partial charge in [-0.3, -0.25) is 4.79 Å². The van der Waals surface area contributed by atoms with Crippen LogP contribution in [0.4, 0.5) is 10.8 Å². The highest BCUT2D eigenvalue weighted by molar-refractivity contribution is 7.22. The number of ether oxygens (including phenoxy) is 1. The molecule has 4 aromatic rings. The molecule has 0 atom stereocenters. The molecule has 9 nitrogen and oxygen atoms in total. The summed E-state index contributed by atoms with van der Waals surface area (Å²) >= 11 is 1.62. The summed E-state index contributed by atoms with van der Waals surface area (Å²) in [6.07, 6.45) is 1.46. The van der Waals surface area contributed by atoms with Gasteiger partial charge in [-0.2, -0.15) is 4.68 Å². The second-order valence-electron chi connectivity index (χ2n) is 6.50. The number of morpholine rings is 1. The van der Waals surface area contributed by atoms with Gasteiger partial charge >= 0.3 is 0 Å². The summed E-state index contributed by atoms with van der Waals surface area (Å²) in [6, 6.07) is 12.9. The molecule has 0 radical (unpaired) electrons. The summed E-state index contributed by atoms with van der Waals surface area (Å²) in [7, 11) is 0. The van der Waals surface area contributed by atoms with Crippen LogP contribution in [-0.2, 0) is 4.74 Å². The van der Waals surface area contributed by atoms with Gasteiger partial charge in [0, 0.05) is 18.8 Å². The molecule has 2 aromatic carbocycles. The minimum absolute atomic E-state index is 0.228. The van der Waals surface area contributed by atoms with Gasteiger partial charge in [0.05, 0.1) is 34.7 Å². The highest BCUT2D eigenvalue weighted by atomic mass is 32.1. The van der Waals surface area contributed by atoms with Gasteiger partial charge in [-0.25, -0.2) is 4.98 Å². The standard InChI is InChI=1S/C19H17N7O2S/c27-18(14-3-1-2-4-16(14)26-12-20-23-24-26)21-13-5-6-15-17(11-13)29-19(22-15)25-7-9-28-10-8-25/h1-6,11-12H,7-10H2,(H,21,27). The van der Waals surface area contributed by atoms with Crippen LogP contribution in [0, 0.1) is 0 Å². The molecular weight excluding hydrogens is 390 g/mol. The summed E-state index contributed by atoms with van der Waals surface area (Å²) in [5, 5.41) is 15.1. The number of benzene rings is 2. The van der Waals surface area contributed by atoms with Crippen LogP contribution in [0.5, 0.6) is 0 Å². The molecule has 3 heterocycles. The SMILES string of the molecule is O=C(Nc1ccc2nc(N3CCOCC3)sc2c1)c1ccccc1-n1cnnn1. The number of tetrazole rings is 1. The lowest BCUT2D eigenvalue weighted by Crippen LogP contribution is -2.36. The molecule has 0 saturated carbocycles. The predicted molar refractivity (Wildman–Crippen MR) is 110 cm³/mol. The van der Waals surface area contributed by atoms with Gasteiger partial charge in [0.15, 0.2) is 5.13 Å². The Kier molecular flexibility index (Phi) is 4.62. The molecule has 1 aliphatic heterocycles. The van der Waals surface area contributed by atoms with Crippen LogP contribution in [0.3, 0.4) is 0 Å². The van der Waals surface area contributed by atoms with Gasteiger partial charge in [0.1, 0.15) is 6.33 Å². The number of carbonyl (C=O) groups is 1. The third kappa shape index (κ3) is 3.55. The van der Waals surface area contributed by atoms with Crippen LogP contribution in [-0.4, -0.2) is 57.4 Å². The monoisotopic (exact) mass is 407 g/mol. The Morgan fingerprint density at radius 2 is 2.00 bits per heavy atom. The van der Waals surface area contributed by atoms with E-state index in [9.17, 15) is 4.79 Å². The fraction of sp³-hybridized carbons (Fsp3) is 0.211. The summed E-state index contributed by atoms with van der Waals surface area (Å²) < 4.78 is 7.90. The largest absolute Gasteiger partial charge is 0.378 e. The van der Waals surface area contributed by atoms with Gasteiger partial charge in [0.2, 0.25) is 0 Å². The third-order valence-corrected chi connectivity index (χ3v) is 5.74. The molecule has 10 heteroatoms. The first-order valence-corrected chi connectivity index (χ1v) is 9.96.